The molecule has 3 N–H and O–H groups in total. The number of carbonyl (C=O) groups excluding carboxylic acids is 3. The minimum Gasteiger partial charge on any atom is -0.385 e. The summed E-state index contributed by atoms with van der Waals surface area (Å²) in [6.07, 6.45) is 1.32. The molecule has 7 nitrogen and oxygen atoms in total. The molecule has 0 aliphatic carbocycles. The molecule has 2 saturated heterocycles. The van der Waals surface area contributed by atoms with Gasteiger partial charge in [0, 0.05) is 32.2 Å². The molecule has 0 aromatic heterocycles. The van der Waals surface area contributed by atoms with E-state index in [4.69, 9.17) is 16.3 Å². The SMILES string of the molecule is COCCCN1C(=O)[C@H]2[C@@H](C1=O)[C@]1([NH2+][C@@H]2CC(C)C)C(=O)Nc2c(Cl)cccc21. The Morgan fingerprint density at radius 1 is 1.28 bits per heavy atom. The number of quaternary nitrogens is 1. The van der Waals surface area contributed by atoms with E-state index >= 15 is 0 Å². The molecule has 0 saturated carbocycles. The zero-order chi connectivity index (χ0) is 20.9. The van der Waals surface area contributed by atoms with Gasteiger partial charge in [0.2, 0.25) is 17.4 Å². The van der Waals surface area contributed by atoms with Crippen molar-refractivity contribution in [2.45, 2.75) is 38.3 Å². The summed E-state index contributed by atoms with van der Waals surface area (Å²) in [6, 6.07) is 5.21. The average Bonchev–Trinajstić information content (AvgIpc) is 3.23. The Morgan fingerprint density at radius 2 is 2.03 bits per heavy atom. The molecule has 2 fully saturated rings. The van der Waals surface area contributed by atoms with E-state index in [1.54, 1.807) is 19.2 Å². The Balaban J connectivity index is 1.79. The summed E-state index contributed by atoms with van der Waals surface area (Å²) >= 11 is 6.33. The number of amides is 3. The fourth-order valence-corrected chi connectivity index (χ4v) is 5.58. The van der Waals surface area contributed by atoms with Gasteiger partial charge >= 0.3 is 0 Å². The third-order valence-corrected chi connectivity index (χ3v) is 6.73. The van der Waals surface area contributed by atoms with Crippen molar-refractivity contribution in [2.75, 3.05) is 25.6 Å². The number of halogens is 1. The summed E-state index contributed by atoms with van der Waals surface area (Å²) < 4.78 is 5.08. The molecule has 1 aromatic rings. The van der Waals surface area contributed by atoms with Gasteiger partial charge in [0.15, 0.2) is 0 Å². The van der Waals surface area contributed by atoms with Crippen molar-refractivity contribution in [1.82, 2.24) is 4.90 Å². The number of hydrogen-bond acceptors (Lipinski definition) is 4. The molecule has 1 aromatic carbocycles. The van der Waals surface area contributed by atoms with Gasteiger partial charge < -0.3 is 15.4 Å². The largest absolute Gasteiger partial charge is 0.385 e. The third kappa shape index (κ3) is 2.90. The topological polar surface area (TPSA) is 92.3 Å². The molecule has 1 spiro atoms. The van der Waals surface area contributed by atoms with Crippen molar-refractivity contribution in [3.63, 3.8) is 0 Å². The highest BCUT2D eigenvalue weighted by molar-refractivity contribution is 6.35. The van der Waals surface area contributed by atoms with E-state index in [9.17, 15) is 14.4 Å². The van der Waals surface area contributed by atoms with E-state index in [1.807, 2.05) is 11.4 Å². The number of hydrogen-bond donors (Lipinski definition) is 2. The lowest BCUT2D eigenvalue weighted by Gasteiger charge is -2.26. The molecule has 156 valence electrons. The van der Waals surface area contributed by atoms with E-state index in [0.29, 0.717) is 41.8 Å². The van der Waals surface area contributed by atoms with E-state index < -0.39 is 17.4 Å². The molecule has 0 radical (unpaired) electrons. The zero-order valence-corrected chi connectivity index (χ0v) is 17.7. The van der Waals surface area contributed by atoms with E-state index in [2.05, 4.69) is 19.2 Å². The predicted molar refractivity (Wildman–Crippen MR) is 107 cm³/mol. The summed E-state index contributed by atoms with van der Waals surface area (Å²) in [5.41, 5.74) is 0.112. The van der Waals surface area contributed by atoms with Crippen LogP contribution in [0.5, 0.6) is 0 Å². The summed E-state index contributed by atoms with van der Waals surface area (Å²) in [5, 5.41) is 5.29. The van der Waals surface area contributed by atoms with Crippen molar-refractivity contribution < 1.29 is 24.4 Å². The van der Waals surface area contributed by atoms with Crippen LogP contribution in [0.2, 0.25) is 5.02 Å². The molecular weight excluding hydrogens is 394 g/mol. The molecule has 29 heavy (non-hydrogen) atoms. The van der Waals surface area contributed by atoms with Gasteiger partial charge in [0.1, 0.15) is 17.9 Å². The lowest BCUT2D eigenvalue weighted by molar-refractivity contribution is -0.734. The minimum atomic E-state index is -1.15. The molecule has 4 atom stereocenters. The predicted octanol–water partition coefficient (Wildman–Crippen LogP) is 1.12. The first-order valence-corrected chi connectivity index (χ1v) is 10.5. The third-order valence-electron chi connectivity index (χ3n) is 6.42. The number of carbonyl (C=O) groups is 3. The first-order chi connectivity index (χ1) is 13.8. The van der Waals surface area contributed by atoms with E-state index in [-0.39, 0.29) is 23.8 Å². The highest BCUT2D eigenvalue weighted by Gasteiger charge is 2.74. The van der Waals surface area contributed by atoms with Gasteiger partial charge in [0.05, 0.1) is 10.7 Å². The van der Waals surface area contributed by atoms with Gasteiger partial charge in [-0.2, -0.15) is 0 Å². The molecule has 4 rings (SSSR count). The molecule has 0 bridgehead atoms. The van der Waals surface area contributed by atoms with Crippen LogP contribution in [0.3, 0.4) is 0 Å². The number of imide groups is 1. The van der Waals surface area contributed by atoms with Crippen LogP contribution in [0.25, 0.3) is 0 Å². The maximum atomic E-state index is 13.5. The summed E-state index contributed by atoms with van der Waals surface area (Å²) in [4.78, 5) is 41.4. The second-order valence-corrected chi connectivity index (χ2v) is 9.03. The second kappa shape index (κ2) is 7.38. The number of benzene rings is 1. The number of nitrogens with zero attached hydrogens (tertiary/aromatic N) is 1. The van der Waals surface area contributed by atoms with Crippen molar-refractivity contribution >= 4 is 35.0 Å². The lowest BCUT2D eigenvalue weighted by Crippen LogP contribution is -2.99. The van der Waals surface area contributed by atoms with Crippen LogP contribution in [0, 0.1) is 17.8 Å². The van der Waals surface area contributed by atoms with Crippen LogP contribution in [-0.2, 0) is 24.7 Å². The van der Waals surface area contributed by atoms with Crippen LogP contribution in [0.1, 0.15) is 32.3 Å². The molecule has 0 unspecified atom stereocenters. The van der Waals surface area contributed by atoms with E-state index in [0.717, 1.165) is 6.42 Å². The number of fused-ring (bicyclic) bond motifs is 4. The maximum Gasteiger partial charge on any atom is 0.291 e. The van der Waals surface area contributed by atoms with Gasteiger partial charge in [-0.3, -0.25) is 19.3 Å². The monoisotopic (exact) mass is 420 g/mol. The molecule has 8 heteroatoms. The maximum absolute atomic E-state index is 13.5. The summed E-state index contributed by atoms with van der Waals surface area (Å²) in [6.45, 7) is 4.96. The van der Waals surface area contributed by atoms with Gasteiger partial charge in [-0.05, 0) is 24.5 Å². The van der Waals surface area contributed by atoms with Crippen LogP contribution in [-0.4, -0.2) is 48.9 Å². The number of ether oxygens (including phenoxy) is 1. The molecule has 3 heterocycles. The van der Waals surface area contributed by atoms with Gasteiger partial charge in [-0.25, -0.2) is 0 Å². The quantitative estimate of drug-likeness (QED) is 0.532. The van der Waals surface area contributed by atoms with Crippen molar-refractivity contribution in [3.8, 4) is 0 Å². The summed E-state index contributed by atoms with van der Waals surface area (Å²) in [7, 11) is 1.59. The number of anilines is 1. The van der Waals surface area contributed by atoms with Gasteiger partial charge in [-0.15, -0.1) is 0 Å². The Hall–Kier alpha value is -1.96. The number of nitrogens with one attached hydrogen (secondary N) is 1. The first-order valence-electron chi connectivity index (χ1n) is 10.1. The first kappa shape index (κ1) is 20.3. The normalized spacial score (nSPS) is 30.4. The summed E-state index contributed by atoms with van der Waals surface area (Å²) in [5.74, 6) is -1.59. The van der Waals surface area contributed by atoms with Crippen LogP contribution in [0.4, 0.5) is 5.69 Å². The zero-order valence-electron chi connectivity index (χ0n) is 16.9. The van der Waals surface area contributed by atoms with Gasteiger partial charge in [-0.1, -0.05) is 31.5 Å². The Labute approximate surface area is 175 Å². The van der Waals surface area contributed by atoms with Crippen LogP contribution < -0.4 is 10.6 Å². The highest BCUT2D eigenvalue weighted by Crippen LogP contribution is 2.51. The average molecular weight is 421 g/mol. The standard InChI is InChI=1S/C21H26ClN3O4/c1-11(2)10-14-15-16(19(27)25(18(15)26)8-5-9-29-3)21(24-14)12-6-4-7-13(22)17(12)23-20(21)28/h4,6-7,11,14-16,24H,5,8-10H2,1-3H3,(H,23,28)/p+1/t14-,15-,16+,21+/m1/s1. The number of likely N-dealkylation sites (tertiary alicyclic amines) is 1. The molecule has 3 aliphatic rings. The molecular formula is C21H27ClN3O4+. The van der Waals surface area contributed by atoms with Crippen molar-refractivity contribution in [1.29, 1.82) is 0 Å². The second-order valence-electron chi connectivity index (χ2n) is 8.62. The minimum absolute atomic E-state index is 0.139. The van der Waals surface area contributed by atoms with Crippen LogP contribution in [0.15, 0.2) is 18.2 Å². The van der Waals surface area contributed by atoms with Gasteiger partial charge in [0.25, 0.3) is 5.91 Å². The van der Waals surface area contributed by atoms with Crippen molar-refractivity contribution in [3.05, 3.63) is 28.8 Å². The molecule has 3 amide bonds. The lowest BCUT2D eigenvalue weighted by atomic mass is 9.76. The molecule has 3 aliphatic heterocycles. The number of rotatable bonds is 6. The number of nitrogens with two attached hydrogens (primary N) is 1. The number of para-hydroxylation sites is 1. The highest BCUT2D eigenvalue weighted by atomic mass is 35.5. The fourth-order valence-electron chi connectivity index (χ4n) is 5.36. The Morgan fingerprint density at radius 3 is 2.72 bits per heavy atom. The van der Waals surface area contributed by atoms with E-state index in [1.165, 1.54) is 4.90 Å². The number of methoxy groups -OCH3 is 1. The smallest absolute Gasteiger partial charge is 0.291 e. The Kier molecular flexibility index (Phi) is 5.17. The fraction of sp³-hybridized carbons (Fsp3) is 0.571. The van der Waals surface area contributed by atoms with Crippen molar-refractivity contribution in [2.24, 2.45) is 17.8 Å². The van der Waals surface area contributed by atoms with Crippen LogP contribution >= 0.6 is 11.6 Å². The Bertz CT molecular complexity index is 873.